The van der Waals surface area contributed by atoms with E-state index < -0.39 is 22.6 Å². The van der Waals surface area contributed by atoms with Gasteiger partial charge in [0, 0.05) is 6.20 Å². The van der Waals surface area contributed by atoms with E-state index >= 15 is 0 Å². The fraction of sp³-hybridized carbons (Fsp3) is 0.286. The zero-order valence-corrected chi connectivity index (χ0v) is 10.00. The van der Waals surface area contributed by atoms with Gasteiger partial charge >= 0.3 is 5.69 Å². The van der Waals surface area contributed by atoms with Crippen molar-refractivity contribution in [1.29, 1.82) is 0 Å². The van der Waals surface area contributed by atoms with E-state index in [-0.39, 0.29) is 15.1 Å². The van der Waals surface area contributed by atoms with Gasteiger partial charge in [0.2, 0.25) is 0 Å². The standard InChI is InChI=1S/C7H4ClF2IN2O2/c8-1-4-6(13(14)15)5(11)3(2-12-4)7(9)10/h2,7H,1H2. The monoisotopic (exact) mass is 348 g/mol. The van der Waals surface area contributed by atoms with Crippen LogP contribution in [-0.2, 0) is 5.88 Å². The first kappa shape index (κ1) is 12.5. The van der Waals surface area contributed by atoms with Crippen molar-refractivity contribution in [3.63, 3.8) is 0 Å². The lowest BCUT2D eigenvalue weighted by atomic mass is 10.2. The molecule has 15 heavy (non-hydrogen) atoms. The topological polar surface area (TPSA) is 56.0 Å². The minimum atomic E-state index is -2.78. The highest BCUT2D eigenvalue weighted by Crippen LogP contribution is 2.32. The van der Waals surface area contributed by atoms with Crippen molar-refractivity contribution in [3.05, 3.63) is 31.1 Å². The van der Waals surface area contributed by atoms with Gasteiger partial charge in [0.1, 0.15) is 9.26 Å². The van der Waals surface area contributed by atoms with Gasteiger partial charge < -0.3 is 0 Å². The maximum atomic E-state index is 12.4. The number of pyridine rings is 1. The van der Waals surface area contributed by atoms with Crippen LogP contribution in [0.2, 0.25) is 0 Å². The largest absolute Gasteiger partial charge is 0.305 e. The zero-order valence-electron chi connectivity index (χ0n) is 7.08. The second-order valence-electron chi connectivity index (χ2n) is 2.51. The number of halogens is 4. The molecule has 0 atom stereocenters. The summed E-state index contributed by atoms with van der Waals surface area (Å²) in [5.74, 6) is -0.185. The average Bonchev–Trinajstić information content (AvgIpc) is 2.15. The molecular formula is C7H4ClF2IN2O2. The predicted molar refractivity (Wildman–Crippen MR) is 58.1 cm³/mol. The van der Waals surface area contributed by atoms with Crippen LogP contribution in [0, 0.1) is 13.7 Å². The minimum Gasteiger partial charge on any atom is -0.258 e. The van der Waals surface area contributed by atoms with E-state index in [2.05, 4.69) is 4.98 Å². The van der Waals surface area contributed by atoms with E-state index in [4.69, 9.17) is 11.6 Å². The third-order valence-electron chi connectivity index (χ3n) is 1.64. The second-order valence-corrected chi connectivity index (χ2v) is 3.86. The molecule has 0 bridgehead atoms. The molecule has 1 rings (SSSR count). The number of nitrogens with zero attached hydrogens (tertiary/aromatic N) is 2. The van der Waals surface area contributed by atoms with Crippen LogP contribution in [0.1, 0.15) is 17.7 Å². The van der Waals surface area contributed by atoms with Crippen LogP contribution in [0.15, 0.2) is 6.20 Å². The second kappa shape index (κ2) is 4.97. The van der Waals surface area contributed by atoms with Gasteiger partial charge in [-0.3, -0.25) is 15.1 Å². The molecule has 1 heterocycles. The zero-order chi connectivity index (χ0) is 11.6. The van der Waals surface area contributed by atoms with Crippen molar-refractivity contribution < 1.29 is 13.7 Å². The highest BCUT2D eigenvalue weighted by Gasteiger charge is 2.25. The molecule has 0 aliphatic heterocycles. The normalized spacial score (nSPS) is 10.7. The van der Waals surface area contributed by atoms with E-state index in [0.29, 0.717) is 0 Å². The van der Waals surface area contributed by atoms with Crippen LogP contribution in [0.4, 0.5) is 14.5 Å². The van der Waals surface area contributed by atoms with E-state index in [9.17, 15) is 18.9 Å². The molecule has 0 aromatic carbocycles. The summed E-state index contributed by atoms with van der Waals surface area (Å²) in [7, 11) is 0. The quantitative estimate of drug-likeness (QED) is 0.365. The van der Waals surface area contributed by atoms with E-state index in [1.165, 1.54) is 22.6 Å². The molecule has 8 heteroatoms. The fourth-order valence-electron chi connectivity index (χ4n) is 0.964. The molecule has 0 aliphatic rings. The average molecular weight is 348 g/mol. The van der Waals surface area contributed by atoms with Crippen LogP contribution in [0.3, 0.4) is 0 Å². The van der Waals surface area contributed by atoms with E-state index in [1.807, 2.05) is 0 Å². The van der Waals surface area contributed by atoms with Crippen LogP contribution in [0.5, 0.6) is 0 Å². The maximum absolute atomic E-state index is 12.4. The van der Waals surface area contributed by atoms with Crippen LogP contribution < -0.4 is 0 Å². The highest BCUT2D eigenvalue weighted by molar-refractivity contribution is 14.1. The van der Waals surface area contributed by atoms with Crippen molar-refractivity contribution in [2.24, 2.45) is 0 Å². The third-order valence-corrected chi connectivity index (χ3v) is 3.03. The molecule has 0 fully saturated rings. The van der Waals surface area contributed by atoms with Crippen LogP contribution in [0.25, 0.3) is 0 Å². The molecule has 0 amide bonds. The summed E-state index contributed by atoms with van der Waals surface area (Å²) < 4.78 is 24.7. The molecule has 1 aromatic rings. The summed E-state index contributed by atoms with van der Waals surface area (Å²) in [6, 6.07) is 0. The summed E-state index contributed by atoms with van der Waals surface area (Å²) in [5, 5.41) is 10.6. The Morgan fingerprint density at radius 2 is 2.27 bits per heavy atom. The third kappa shape index (κ3) is 2.51. The first-order chi connectivity index (χ1) is 6.99. The predicted octanol–water partition coefficient (Wildman–Crippen LogP) is 3.27. The number of aromatic nitrogens is 1. The smallest absolute Gasteiger partial charge is 0.258 e. The molecule has 0 radical (unpaired) electrons. The highest BCUT2D eigenvalue weighted by atomic mass is 127. The molecule has 0 spiro atoms. The summed E-state index contributed by atoms with van der Waals surface area (Å²) in [5.41, 5.74) is -0.893. The van der Waals surface area contributed by atoms with Gasteiger partial charge in [-0.05, 0) is 22.6 Å². The lowest BCUT2D eigenvalue weighted by Gasteiger charge is -2.05. The van der Waals surface area contributed by atoms with Crippen molar-refractivity contribution in [1.82, 2.24) is 4.98 Å². The van der Waals surface area contributed by atoms with Crippen molar-refractivity contribution in [2.75, 3.05) is 0 Å². The Bertz CT molecular complexity index is 403. The lowest BCUT2D eigenvalue weighted by molar-refractivity contribution is -0.386. The Morgan fingerprint density at radius 1 is 1.67 bits per heavy atom. The van der Waals surface area contributed by atoms with E-state index in [0.717, 1.165) is 6.20 Å². The van der Waals surface area contributed by atoms with Crippen molar-refractivity contribution >= 4 is 39.9 Å². The molecule has 4 nitrogen and oxygen atoms in total. The molecule has 0 aliphatic carbocycles. The summed E-state index contributed by atoms with van der Waals surface area (Å²) in [6.45, 7) is 0. The number of alkyl halides is 3. The summed E-state index contributed by atoms with van der Waals surface area (Å²) >= 11 is 6.92. The molecular weight excluding hydrogens is 344 g/mol. The van der Waals surface area contributed by atoms with Gasteiger partial charge in [-0.25, -0.2) is 8.78 Å². The van der Waals surface area contributed by atoms with Gasteiger partial charge in [0.05, 0.1) is 16.4 Å². The lowest BCUT2D eigenvalue weighted by Crippen LogP contribution is -2.03. The van der Waals surface area contributed by atoms with Gasteiger partial charge in [-0.15, -0.1) is 11.6 Å². The minimum absolute atomic E-state index is 0.00420. The van der Waals surface area contributed by atoms with Gasteiger partial charge in [0.15, 0.2) is 0 Å². The maximum Gasteiger partial charge on any atom is 0.305 e. The Kier molecular flexibility index (Phi) is 4.14. The van der Waals surface area contributed by atoms with Crippen molar-refractivity contribution in [3.8, 4) is 0 Å². The number of rotatable bonds is 3. The van der Waals surface area contributed by atoms with E-state index in [1.54, 1.807) is 0 Å². The van der Waals surface area contributed by atoms with Gasteiger partial charge in [0.25, 0.3) is 6.43 Å². The van der Waals surface area contributed by atoms with Crippen molar-refractivity contribution in [2.45, 2.75) is 12.3 Å². The Hall–Kier alpha value is -0.570. The Morgan fingerprint density at radius 3 is 2.67 bits per heavy atom. The molecule has 1 aromatic heterocycles. The summed E-state index contributed by atoms with van der Waals surface area (Å²) in [4.78, 5) is 13.4. The first-order valence-electron chi connectivity index (χ1n) is 3.64. The van der Waals surface area contributed by atoms with Crippen LogP contribution in [-0.4, -0.2) is 9.91 Å². The Labute approximate surface area is 102 Å². The molecule has 82 valence electrons. The number of hydrogen-bond donors (Lipinski definition) is 0. The van der Waals surface area contributed by atoms with Gasteiger partial charge in [-0.2, -0.15) is 0 Å². The number of hydrogen-bond acceptors (Lipinski definition) is 3. The Balaban J connectivity index is 3.42. The van der Waals surface area contributed by atoms with Crippen LogP contribution >= 0.6 is 34.2 Å². The molecule has 0 saturated heterocycles. The fourth-order valence-corrected chi connectivity index (χ4v) is 2.04. The number of nitro groups is 1. The first-order valence-corrected chi connectivity index (χ1v) is 5.26. The van der Waals surface area contributed by atoms with Gasteiger partial charge in [-0.1, -0.05) is 0 Å². The molecule has 0 unspecified atom stereocenters. The summed E-state index contributed by atoms with van der Waals surface area (Å²) in [6.07, 6.45) is -1.87. The molecule has 0 N–H and O–H groups in total. The SMILES string of the molecule is O=[N+]([O-])c1c(CCl)ncc(C(F)F)c1I. The molecule has 0 saturated carbocycles.